The summed E-state index contributed by atoms with van der Waals surface area (Å²) in [6, 6.07) is 7.50. The average Bonchev–Trinajstić information content (AvgIpc) is 3.22. The smallest absolute Gasteiger partial charge is 0.253 e. The van der Waals surface area contributed by atoms with E-state index in [1.54, 1.807) is 19.0 Å². The van der Waals surface area contributed by atoms with Crippen LogP contribution in [0.4, 0.5) is 0 Å². The van der Waals surface area contributed by atoms with Crippen LogP contribution in [0.1, 0.15) is 54.9 Å². The Kier molecular flexibility index (Phi) is 12.4. The molecule has 1 saturated carbocycles. The molecule has 168 valence electrons. The van der Waals surface area contributed by atoms with Crippen molar-refractivity contribution in [2.45, 2.75) is 45.6 Å². The molecule has 1 aliphatic carbocycles. The van der Waals surface area contributed by atoms with E-state index in [1.807, 2.05) is 31.2 Å². The fourth-order valence-electron chi connectivity index (χ4n) is 3.45. The number of nitrogens with one attached hydrogen (secondary N) is 3. The average molecular weight is 529 g/mol. The van der Waals surface area contributed by atoms with E-state index in [9.17, 15) is 9.59 Å². The van der Waals surface area contributed by atoms with Gasteiger partial charge in [0, 0.05) is 45.7 Å². The highest BCUT2D eigenvalue weighted by molar-refractivity contribution is 14.0. The fraction of sp³-hybridized carbons (Fsp3) is 0.591. The van der Waals surface area contributed by atoms with E-state index in [4.69, 9.17) is 0 Å². The first kappa shape index (κ1) is 26.2. The van der Waals surface area contributed by atoms with Gasteiger partial charge < -0.3 is 20.9 Å². The first-order valence-electron chi connectivity index (χ1n) is 10.6. The Bertz CT molecular complexity index is 685. The summed E-state index contributed by atoms with van der Waals surface area (Å²) in [5.74, 6) is 1.42. The van der Waals surface area contributed by atoms with Gasteiger partial charge in [-0.05, 0) is 43.4 Å². The van der Waals surface area contributed by atoms with Gasteiger partial charge in [0.2, 0.25) is 5.91 Å². The van der Waals surface area contributed by atoms with Gasteiger partial charge >= 0.3 is 0 Å². The molecule has 7 nitrogen and oxygen atoms in total. The number of amides is 2. The van der Waals surface area contributed by atoms with Crippen molar-refractivity contribution >= 4 is 41.8 Å². The van der Waals surface area contributed by atoms with E-state index in [2.05, 4.69) is 20.9 Å². The predicted octanol–water partition coefficient (Wildman–Crippen LogP) is 2.76. The summed E-state index contributed by atoms with van der Waals surface area (Å²) in [7, 11) is 3.48. The van der Waals surface area contributed by atoms with Crippen molar-refractivity contribution in [2.24, 2.45) is 10.9 Å². The largest absolute Gasteiger partial charge is 0.357 e. The number of hydrogen-bond donors (Lipinski definition) is 3. The molecule has 0 atom stereocenters. The zero-order chi connectivity index (χ0) is 21.1. The second-order valence-electron chi connectivity index (χ2n) is 7.72. The zero-order valence-corrected chi connectivity index (χ0v) is 20.7. The number of hydrogen-bond acceptors (Lipinski definition) is 3. The Balaban J connectivity index is 0.00000450. The van der Waals surface area contributed by atoms with Gasteiger partial charge in [0.1, 0.15) is 0 Å². The molecular weight excluding hydrogens is 493 g/mol. The maximum atomic E-state index is 12.0. The molecule has 1 aromatic carbocycles. The van der Waals surface area contributed by atoms with Crippen molar-refractivity contribution < 1.29 is 9.59 Å². The number of benzene rings is 1. The lowest BCUT2D eigenvalue weighted by Gasteiger charge is -2.13. The van der Waals surface area contributed by atoms with Crippen LogP contribution in [0.5, 0.6) is 0 Å². The molecular formula is C22H36IN5O2. The van der Waals surface area contributed by atoms with Crippen molar-refractivity contribution in [1.29, 1.82) is 0 Å². The third-order valence-electron chi connectivity index (χ3n) is 5.06. The minimum absolute atomic E-state index is 0. The predicted molar refractivity (Wildman–Crippen MR) is 132 cm³/mol. The van der Waals surface area contributed by atoms with Gasteiger partial charge in [-0.2, -0.15) is 0 Å². The SMILES string of the molecule is CCNC(=NCc1ccc(C(=O)N(C)C)cc1)NCCNC(=O)CC1CCCC1.I. The Morgan fingerprint density at radius 2 is 1.67 bits per heavy atom. The van der Waals surface area contributed by atoms with E-state index >= 15 is 0 Å². The molecule has 0 unspecified atom stereocenters. The molecule has 2 rings (SSSR count). The van der Waals surface area contributed by atoms with Crippen molar-refractivity contribution in [3.8, 4) is 0 Å². The van der Waals surface area contributed by atoms with Crippen molar-refractivity contribution in [2.75, 3.05) is 33.7 Å². The lowest BCUT2D eigenvalue weighted by Crippen LogP contribution is -2.41. The van der Waals surface area contributed by atoms with Crippen LogP contribution < -0.4 is 16.0 Å². The van der Waals surface area contributed by atoms with E-state index < -0.39 is 0 Å². The number of guanidine groups is 1. The van der Waals surface area contributed by atoms with Crippen LogP contribution in [0, 0.1) is 5.92 Å². The zero-order valence-electron chi connectivity index (χ0n) is 18.4. The third-order valence-corrected chi connectivity index (χ3v) is 5.06. The molecule has 2 amide bonds. The number of rotatable bonds is 9. The second kappa shape index (κ2) is 14.2. The molecule has 0 saturated heterocycles. The minimum Gasteiger partial charge on any atom is -0.357 e. The number of aliphatic imine (C=N–C) groups is 1. The van der Waals surface area contributed by atoms with E-state index in [-0.39, 0.29) is 35.8 Å². The lowest BCUT2D eigenvalue weighted by atomic mass is 10.0. The molecule has 8 heteroatoms. The Morgan fingerprint density at radius 1 is 1.03 bits per heavy atom. The normalized spacial score (nSPS) is 14.0. The highest BCUT2D eigenvalue weighted by Crippen LogP contribution is 2.27. The summed E-state index contributed by atoms with van der Waals surface area (Å²) in [4.78, 5) is 30.1. The molecule has 0 spiro atoms. The molecule has 0 aromatic heterocycles. The van der Waals surface area contributed by atoms with Crippen LogP contribution >= 0.6 is 24.0 Å². The topological polar surface area (TPSA) is 85.8 Å². The van der Waals surface area contributed by atoms with Gasteiger partial charge in [-0.1, -0.05) is 25.0 Å². The lowest BCUT2D eigenvalue weighted by molar-refractivity contribution is -0.121. The molecule has 30 heavy (non-hydrogen) atoms. The molecule has 0 heterocycles. The number of halogens is 1. The molecule has 1 fully saturated rings. The molecule has 1 aliphatic rings. The summed E-state index contributed by atoms with van der Waals surface area (Å²) in [6.07, 6.45) is 5.55. The summed E-state index contributed by atoms with van der Waals surface area (Å²) >= 11 is 0. The van der Waals surface area contributed by atoms with E-state index in [1.165, 1.54) is 25.7 Å². The van der Waals surface area contributed by atoms with Gasteiger partial charge in [-0.25, -0.2) is 4.99 Å². The van der Waals surface area contributed by atoms with Gasteiger partial charge in [-0.15, -0.1) is 24.0 Å². The van der Waals surface area contributed by atoms with Crippen molar-refractivity contribution in [1.82, 2.24) is 20.9 Å². The Morgan fingerprint density at radius 3 is 2.27 bits per heavy atom. The Labute approximate surface area is 197 Å². The monoisotopic (exact) mass is 529 g/mol. The maximum Gasteiger partial charge on any atom is 0.253 e. The summed E-state index contributed by atoms with van der Waals surface area (Å²) in [5, 5.41) is 9.44. The standard InChI is InChI=1S/C22H35N5O2.HI/c1-4-23-22(25-14-13-24-20(28)15-17-7-5-6-8-17)26-16-18-9-11-19(12-10-18)21(29)27(2)3;/h9-12,17H,4-8,13-16H2,1-3H3,(H,24,28)(H2,23,25,26);1H. The number of carbonyl (C=O) groups is 2. The van der Waals surface area contributed by atoms with Gasteiger partial charge in [0.15, 0.2) is 5.96 Å². The minimum atomic E-state index is -0.00923. The van der Waals surface area contributed by atoms with E-state index in [0.717, 1.165) is 12.1 Å². The van der Waals surface area contributed by atoms with E-state index in [0.29, 0.717) is 43.5 Å². The fourth-order valence-corrected chi connectivity index (χ4v) is 3.45. The Hall–Kier alpha value is -1.84. The number of nitrogens with zero attached hydrogens (tertiary/aromatic N) is 2. The molecule has 0 aliphatic heterocycles. The molecule has 3 N–H and O–H groups in total. The van der Waals surface area contributed by atoms with Crippen LogP contribution in [0.15, 0.2) is 29.3 Å². The first-order valence-corrected chi connectivity index (χ1v) is 10.6. The summed E-state index contributed by atoms with van der Waals surface area (Å²) in [6.45, 7) is 4.49. The van der Waals surface area contributed by atoms with Crippen LogP contribution in [0.2, 0.25) is 0 Å². The maximum absolute atomic E-state index is 12.0. The van der Waals surface area contributed by atoms with Gasteiger partial charge in [-0.3, -0.25) is 9.59 Å². The highest BCUT2D eigenvalue weighted by Gasteiger charge is 2.17. The van der Waals surface area contributed by atoms with Gasteiger partial charge in [0.25, 0.3) is 5.91 Å². The molecule has 0 bridgehead atoms. The van der Waals surface area contributed by atoms with Crippen LogP contribution in [-0.2, 0) is 11.3 Å². The third kappa shape index (κ3) is 9.32. The van der Waals surface area contributed by atoms with Crippen LogP contribution in [0.3, 0.4) is 0 Å². The first-order chi connectivity index (χ1) is 14.0. The van der Waals surface area contributed by atoms with Crippen LogP contribution in [-0.4, -0.2) is 56.4 Å². The van der Waals surface area contributed by atoms with Gasteiger partial charge in [0.05, 0.1) is 6.54 Å². The summed E-state index contributed by atoms with van der Waals surface area (Å²) in [5.41, 5.74) is 1.70. The number of carbonyl (C=O) groups excluding carboxylic acids is 2. The van der Waals surface area contributed by atoms with Crippen LogP contribution in [0.25, 0.3) is 0 Å². The molecule has 0 radical (unpaired) electrons. The van der Waals surface area contributed by atoms with Crippen molar-refractivity contribution in [3.05, 3.63) is 35.4 Å². The molecule has 1 aromatic rings. The second-order valence-corrected chi connectivity index (χ2v) is 7.72. The highest BCUT2D eigenvalue weighted by atomic mass is 127. The summed E-state index contributed by atoms with van der Waals surface area (Å²) < 4.78 is 0. The van der Waals surface area contributed by atoms with Crippen molar-refractivity contribution in [3.63, 3.8) is 0 Å². The quantitative estimate of drug-likeness (QED) is 0.199.